The number of hydrogen-bond donors (Lipinski definition) is 2. The van der Waals surface area contributed by atoms with Crippen molar-refractivity contribution in [3.05, 3.63) is 41.5 Å². The first-order valence-corrected chi connectivity index (χ1v) is 7.16. The Morgan fingerprint density at radius 1 is 1.43 bits per heavy atom. The summed E-state index contributed by atoms with van der Waals surface area (Å²) in [5.74, 6) is -0.398. The third kappa shape index (κ3) is 2.34. The fourth-order valence-electron chi connectivity index (χ4n) is 3.15. The van der Waals surface area contributed by atoms with Crippen molar-refractivity contribution >= 4 is 17.5 Å². The molecule has 5 nitrogen and oxygen atoms in total. The largest absolute Gasteiger partial charge is 0.355 e. The highest BCUT2D eigenvalue weighted by atomic mass is 16.2. The molecule has 2 heterocycles. The Balaban J connectivity index is 1.88. The predicted octanol–water partition coefficient (Wildman–Crippen LogP) is 0.997. The van der Waals surface area contributed by atoms with Gasteiger partial charge in [-0.2, -0.15) is 0 Å². The van der Waals surface area contributed by atoms with Crippen molar-refractivity contribution < 1.29 is 9.59 Å². The molecule has 0 bridgehead atoms. The summed E-state index contributed by atoms with van der Waals surface area (Å²) >= 11 is 0. The highest BCUT2D eigenvalue weighted by Crippen LogP contribution is 2.36. The molecule has 2 aliphatic heterocycles. The van der Waals surface area contributed by atoms with Gasteiger partial charge < -0.3 is 10.2 Å². The van der Waals surface area contributed by atoms with Crippen molar-refractivity contribution in [2.45, 2.75) is 32.0 Å². The molecule has 0 saturated carbocycles. The summed E-state index contributed by atoms with van der Waals surface area (Å²) in [7, 11) is 1.92. The molecule has 0 aliphatic carbocycles. The van der Waals surface area contributed by atoms with Gasteiger partial charge in [-0.1, -0.05) is 24.8 Å². The molecule has 2 aliphatic rings. The molecular weight excluding hydrogens is 266 g/mol. The Kier molecular flexibility index (Phi) is 3.51. The second-order valence-electron chi connectivity index (χ2n) is 5.52. The highest BCUT2D eigenvalue weighted by Gasteiger charge is 2.36. The first-order valence-electron chi connectivity index (χ1n) is 7.16. The lowest BCUT2D eigenvalue weighted by Crippen LogP contribution is -2.50. The van der Waals surface area contributed by atoms with Crippen LogP contribution >= 0.6 is 0 Å². The number of hydrogen-bond acceptors (Lipinski definition) is 4. The number of amides is 2. The van der Waals surface area contributed by atoms with Crippen molar-refractivity contribution in [1.29, 1.82) is 0 Å². The van der Waals surface area contributed by atoms with Crippen molar-refractivity contribution in [3.8, 4) is 0 Å². The fourth-order valence-corrected chi connectivity index (χ4v) is 3.15. The number of piperidine rings is 1. The molecule has 1 fully saturated rings. The molecule has 1 aromatic carbocycles. The van der Waals surface area contributed by atoms with Crippen LogP contribution in [-0.2, 0) is 22.7 Å². The van der Waals surface area contributed by atoms with Crippen molar-refractivity contribution in [3.63, 3.8) is 0 Å². The molecule has 21 heavy (non-hydrogen) atoms. The van der Waals surface area contributed by atoms with Gasteiger partial charge in [-0.05, 0) is 24.6 Å². The van der Waals surface area contributed by atoms with E-state index in [1.807, 2.05) is 24.1 Å². The van der Waals surface area contributed by atoms with Crippen LogP contribution in [0.15, 0.2) is 24.8 Å². The lowest BCUT2D eigenvalue weighted by atomic mass is 10.0. The van der Waals surface area contributed by atoms with E-state index in [9.17, 15) is 9.59 Å². The molecule has 2 N–H and O–H groups in total. The van der Waals surface area contributed by atoms with Crippen LogP contribution in [0.5, 0.6) is 0 Å². The molecule has 1 unspecified atom stereocenters. The van der Waals surface area contributed by atoms with E-state index in [1.54, 1.807) is 0 Å². The summed E-state index contributed by atoms with van der Waals surface area (Å²) in [6, 6.07) is 5.86. The molecule has 1 aromatic rings. The van der Waals surface area contributed by atoms with Crippen molar-refractivity contribution in [2.75, 3.05) is 7.05 Å². The Hall–Kier alpha value is -2.14. The van der Waals surface area contributed by atoms with Crippen LogP contribution in [0.2, 0.25) is 0 Å². The van der Waals surface area contributed by atoms with Gasteiger partial charge in [0.1, 0.15) is 6.04 Å². The number of benzene rings is 1. The SMILES string of the molecule is C=C1c2cccc(CNC)c2CN1C1CCC(=O)NC1=O. The van der Waals surface area contributed by atoms with E-state index in [4.69, 9.17) is 0 Å². The van der Waals surface area contributed by atoms with Gasteiger partial charge in [0, 0.05) is 30.8 Å². The quantitative estimate of drug-likeness (QED) is 0.813. The van der Waals surface area contributed by atoms with E-state index in [-0.39, 0.29) is 17.9 Å². The van der Waals surface area contributed by atoms with Gasteiger partial charge in [0.2, 0.25) is 11.8 Å². The Bertz CT molecular complexity index is 624. The minimum Gasteiger partial charge on any atom is -0.355 e. The lowest BCUT2D eigenvalue weighted by Gasteiger charge is -2.31. The highest BCUT2D eigenvalue weighted by molar-refractivity contribution is 6.01. The number of nitrogens with one attached hydrogen (secondary N) is 2. The zero-order chi connectivity index (χ0) is 15.0. The number of carbonyl (C=O) groups is 2. The average molecular weight is 285 g/mol. The standard InChI is InChI=1S/C16H19N3O2/c1-10-12-5-3-4-11(8-17-2)13(12)9-19(10)14-6-7-15(20)18-16(14)21/h3-5,14,17H,1,6-9H2,2H3,(H,18,20,21). The number of imide groups is 1. The van der Waals surface area contributed by atoms with Crippen LogP contribution in [-0.4, -0.2) is 29.8 Å². The average Bonchev–Trinajstić information content (AvgIpc) is 2.78. The van der Waals surface area contributed by atoms with Crippen LogP contribution in [0.4, 0.5) is 0 Å². The van der Waals surface area contributed by atoms with Crippen LogP contribution in [0.1, 0.15) is 29.5 Å². The number of rotatable bonds is 3. The van der Waals surface area contributed by atoms with E-state index in [2.05, 4.69) is 23.3 Å². The van der Waals surface area contributed by atoms with Gasteiger partial charge in [0.25, 0.3) is 0 Å². The molecule has 110 valence electrons. The van der Waals surface area contributed by atoms with Gasteiger partial charge in [0.15, 0.2) is 0 Å². The monoisotopic (exact) mass is 285 g/mol. The van der Waals surface area contributed by atoms with Crippen LogP contribution < -0.4 is 10.6 Å². The maximum Gasteiger partial charge on any atom is 0.249 e. The second-order valence-corrected chi connectivity index (χ2v) is 5.52. The van der Waals surface area contributed by atoms with E-state index >= 15 is 0 Å². The van der Waals surface area contributed by atoms with Gasteiger partial charge in [-0.25, -0.2) is 0 Å². The van der Waals surface area contributed by atoms with E-state index < -0.39 is 0 Å². The maximum atomic E-state index is 12.1. The summed E-state index contributed by atoms with van der Waals surface area (Å²) in [6.45, 7) is 5.62. The summed E-state index contributed by atoms with van der Waals surface area (Å²) in [4.78, 5) is 25.4. The van der Waals surface area contributed by atoms with Crippen LogP contribution in [0, 0.1) is 0 Å². The minimum atomic E-state index is -0.301. The van der Waals surface area contributed by atoms with E-state index in [0.29, 0.717) is 19.4 Å². The van der Waals surface area contributed by atoms with Crippen molar-refractivity contribution in [1.82, 2.24) is 15.5 Å². The Labute approximate surface area is 124 Å². The molecule has 3 rings (SSSR count). The zero-order valence-electron chi connectivity index (χ0n) is 12.1. The molecular formula is C16H19N3O2. The van der Waals surface area contributed by atoms with Crippen molar-refractivity contribution in [2.24, 2.45) is 0 Å². The van der Waals surface area contributed by atoms with Gasteiger partial charge in [-0.3, -0.25) is 14.9 Å². The smallest absolute Gasteiger partial charge is 0.249 e. The van der Waals surface area contributed by atoms with Crippen LogP contribution in [0.3, 0.4) is 0 Å². The molecule has 1 saturated heterocycles. The van der Waals surface area contributed by atoms with Gasteiger partial charge in [-0.15, -0.1) is 0 Å². The number of fused-ring (bicyclic) bond motifs is 1. The maximum absolute atomic E-state index is 12.1. The molecule has 0 radical (unpaired) electrons. The first-order chi connectivity index (χ1) is 10.1. The second kappa shape index (κ2) is 5.33. The number of nitrogens with zero attached hydrogens (tertiary/aromatic N) is 1. The summed E-state index contributed by atoms with van der Waals surface area (Å²) in [5, 5.41) is 5.59. The van der Waals surface area contributed by atoms with Gasteiger partial charge in [0.05, 0.1) is 0 Å². The molecule has 1 atom stereocenters. The fraction of sp³-hybridized carbons (Fsp3) is 0.375. The van der Waals surface area contributed by atoms with Crippen LogP contribution in [0.25, 0.3) is 5.70 Å². The summed E-state index contributed by atoms with van der Waals surface area (Å²) < 4.78 is 0. The third-order valence-electron chi connectivity index (χ3n) is 4.21. The first kappa shape index (κ1) is 13.8. The zero-order valence-corrected chi connectivity index (χ0v) is 12.1. The normalized spacial score (nSPS) is 21.5. The Morgan fingerprint density at radius 3 is 2.95 bits per heavy atom. The third-order valence-corrected chi connectivity index (χ3v) is 4.21. The number of carbonyl (C=O) groups excluding carboxylic acids is 2. The predicted molar refractivity (Wildman–Crippen MR) is 80.0 cm³/mol. The molecule has 0 aromatic heterocycles. The summed E-state index contributed by atoms with van der Waals surface area (Å²) in [5.41, 5.74) is 4.43. The van der Waals surface area contributed by atoms with E-state index in [0.717, 1.165) is 17.8 Å². The lowest BCUT2D eigenvalue weighted by molar-refractivity contribution is -0.136. The van der Waals surface area contributed by atoms with Gasteiger partial charge >= 0.3 is 0 Å². The topological polar surface area (TPSA) is 61.4 Å². The summed E-state index contributed by atoms with van der Waals surface area (Å²) in [6.07, 6.45) is 0.943. The minimum absolute atomic E-state index is 0.186. The molecule has 0 spiro atoms. The van der Waals surface area contributed by atoms with E-state index in [1.165, 1.54) is 11.1 Å². The molecule has 5 heteroatoms. The molecule has 2 amide bonds. The Morgan fingerprint density at radius 2 is 2.24 bits per heavy atom.